The number of halogens is 3. The third-order valence-corrected chi connectivity index (χ3v) is 4.62. The fraction of sp³-hybridized carbons (Fsp3) is 0.375. The SMILES string of the molecule is COCCN(Cc1ccc(F)cc1Cl)C(=O)c1csc(CCN)n1.Cl. The first-order valence-electron chi connectivity index (χ1n) is 7.41. The van der Waals surface area contributed by atoms with Gasteiger partial charge in [-0.25, -0.2) is 9.37 Å². The second kappa shape index (κ2) is 10.7. The normalized spacial score (nSPS) is 10.4. The van der Waals surface area contributed by atoms with Crippen molar-refractivity contribution in [3.8, 4) is 0 Å². The first kappa shape index (κ1) is 21.8. The molecule has 0 bridgehead atoms. The summed E-state index contributed by atoms with van der Waals surface area (Å²) in [7, 11) is 1.57. The topological polar surface area (TPSA) is 68.5 Å². The van der Waals surface area contributed by atoms with Crippen LogP contribution in [-0.2, 0) is 17.7 Å². The van der Waals surface area contributed by atoms with Crippen LogP contribution < -0.4 is 5.73 Å². The van der Waals surface area contributed by atoms with Gasteiger partial charge in [-0.15, -0.1) is 23.7 Å². The van der Waals surface area contributed by atoms with E-state index in [1.807, 2.05) is 0 Å². The number of methoxy groups -OCH3 is 1. The molecule has 5 nitrogen and oxygen atoms in total. The van der Waals surface area contributed by atoms with Crippen molar-refractivity contribution in [2.75, 3.05) is 26.8 Å². The standard InChI is InChI=1S/C16H19ClFN3O2S.ClH/c1-23-7-6-21(9-11-2-3-12(18)8-13(11)17)16(22)14-10-24-15(20-14)4-5-19;/h2-3,8,10H,4-7,9,19H2,1H3;1H. The van der Waals surface area contributed by atoms with Crippen LogP contribution in [0.2, 0.25) is 5.02 Å². The number of amides is 1. The lowest BCUT2D eigenvalue weighted by Gasteiger charge is -2.22. The van der Waals surface area contributed by atoms with E-state index >= 15 is 0 Å². The van der Waals surface area contributed by atoms with Gasteiger partial charge in [-0.1, -0.05) is 17.7 Å². The van der Waals surface area contributed by atoms with Crippen LogP contribution in [0.15, 0.2) is 23.6 Å². The molecule has 1 amide bonds. The Morgan fingerprint density at radius 3 is 2.88 bits per heavy atom. The molecule has 138 valence electrons. The lowest BCUT2D eigenvalue weighted by atomic mass is 10.2. The molecule has 0 spiro atoms. The van der Waals surface area contributed by atoms with Gasteiger partial charge in [0.2, 0.25) is 0 Å². The number of ether oxygens (including phenoxy) is 1. The second-order valence-corrected chi connectivity index (χ2v) is 6.47. The van der Waals surface area contributed by atoms with Crippen LogP contribution in [0, 0.1) is 5.82 Å². The van der Waals surface area contributed by atoms with Crippen LogP contribution in [0.4, 0.5) is 4.39 Å². The highest BCUT2D eigenvalue weighted by molar-refractivity contribution is 7.09. The second-order valence-electron chi connectivity index (χ2n) is 5.12. The van der Waals surface area contributed by atoms with Gasteiger partial charge in [0.1, 0.15) is 11.5 Å². The Morgan fingerprint density at radius 1 is 1.48 bits per heavy atom. The molecule has 2 aromatic rings. The molecular formula is C16H20Cl2FN3O2S. The van der Waals surface area contributed by atoms with E-state index in [1.165, 1.54) is 23.5 Å². The molecule has 25 heavy (non-hydrogen) atoms. The van der Waals surface area contributed by atoms with E-state index in [-0.39, 0.29) is 29.9 Å². The van der Waals surface area contributed by atoms with Crippen LogP contribution in [0.3, 0.4) is 0 Å². The lowest BCUT2D eigenvalue weighted by Crippen LogP contribution is -2.33. The van der Waals surface area contributed by atoms with Gasteiger partial charge >= 0.3 is 0 Å². The van der Waals surface area contributed by atoms with Crippen LogP contribution >= 0.6 is 35.3 Å². The summed E-state index contributed by atoms with van der Waals surface area (Å²) >= 11 is 7.48. The summed E-state index contributed by atoms with van der Waals surface area (Å²) in [6, 6.07) is 4.13. The van der Waals surface area contributed by atoms with Gasteiger partial charge in [0, 0.05) is 37.0 Å². The largest absolute Gasteiger partial charge is 0.383 e. The van der Waals surface area contributed by atoms with Crippen molar-refractivity contribution in [3.05, 3.63) is 50.7 Å². The number of nitrogens with zero attached hydrogens (tertiary/aromatic N) is 2. The molecule has 1 aromatic heterocycles. The van der Waals surface area contributed by atoms with Gasteiger partial charge < -0.3 is 15.4 Å². The van der Waals surface area contributed by atoms with Crippen LogP contribution in [0.5, 0.6) is 0 Å². The Labute approximate surface area is 161 Å². The Hall–Kier alpha value is -1.25. The van der Waals surface area contributed by atoms with Gasteiger partial charge in [0.05, 0.1) is 11.6 Å². The average Bonchev–Trinajstić information content (AvgIpc) is 3.01. The maximum Gasteiger partial charge on any atom is 0.273 e. The van der Waals surface area contributed by atoms with Gasteiger partial charge in [-0.2, -0.15) is 0 Å². The van der Waals surface area contributed by atoms with Crippen molar-refractivity contribution in [3.63, 3.8) is 0 Å². The smallest absolute Gasteiger partial charge is 0.273 e. The van der Waals surface area contributed by atoms with Crippen molar-refractivity contribution in [1.82, 2.24) is 9.88 Å². The number of rotatable bonds is 8. The minimum Gasteiger partial charge on any atom is -0.383 e. The maximum absolute atomic E-state index is 13.2. The van der Waals surface area contributed by atoms with Gasteiger partial charge in [-0.3, -0.25) is 4.79 Å². The van der Waals surface area contributed by atoms with Crippen molar-refractivity contribution in [2.24, 2.45) is 5.73 Å². The zero-order valence-electron chi connectivity index (χ0n) is 13.7. The Kier molecular flexibility index (Phi) is 9.31. The molecule has 0 aliphatic heterocycles. The number of hydrogen-bond acceptors (Lipinski definition) is 5. The van der Waals surface area contributed by atoms with E-state index in [4.69, 9.17) is 22.1 Å². The number of hydrogen-bond donors (Lipinski definition) is 1. The molecule has 9 heteroatoms. The molecule has 0 radical (unpaired) electrons. The summed E-state index contributed by atoms with van der Waals surface area (Å²) in [5, 5.41) is 2.83. The van der Waals surface area contributed by atoms with Crippen molar-refractivity contribution >= 4 is 41.3 Å². The summed E-state index contributed by atoms with van der Waals surface area (Å²) in [5.41, 5.74) is 6.55. The molecule has 0 aliphatic carbocycles. The van der Waals surface area contributed by atoms with Gasteiger partial charge in [0.15, 0.2) is 0 Å². The fourth-order valence-electron chi connectivity index (χ4n) is 2.12. The van der Waals surface area contributed by atoms with Crippen LogP contribution in [-0.4, -0.2) is 42.6 Å². The molecule has 0 unspecified atom stereocenters. The van der Waals surface area contributed by atoms with Gasteiger partial charge in [0.25, 0.3) is 5.91 Å². The molecular weight excluding hydrogens is 388 g/mol. The molecule has 2 N–H and O–H groups in total. The van der Waals surface area contributed by atoms with Gasteiger partial charge in [-0.05, 0) is 24.2 Å². The molecule has 0 fully saturated rings. The zero-order valence-corrected chi connectivity index (χ0v) is 16.1. The summed E-state index contributed by atoms with van der Waals surface area (Å²) in [4.78, 5) is 18.6. The third-order valence-electron chi connectivity index (χ3n) is 3.36. The monoisotopic (exact) mass is 407 g/mol. The molecule has 1 heterocycles. The minimum atomic E-state index is -0.413. The van der Waals surface area contributed by atoms with E-state index in [0.717, 1.165) is 5.01 Å². The van der Waals surface area contributed by atoms with Crippen molar-refractivity contribution < 1.29 is 13.9 Å². The number of thiazole rings is 1. The zero-order chi connectivity index (χ0) is 17.5. The summed E-state index contributed by atoms with van der Waals surface area (Å²) in [6.07, 6.45) is 0.639. The molecule has 1 aromatic carbocycles. The highest BCUT2D eigenvalue weighted by atomic mass is 35.5. The Bertz CT molecular complexity index is 700. The predicted octanol–water partition coefficient (Wildman–Crippen LogP) is 3.15. The summed E-state index contributed by atoms with van der Waals surface area (Å²) in [5.74, 6) is -0.628. The van der Waals surface area contributed by atoms with E-state index in [2.05, 4.69) is 4.98 Å². The molecule has 0 atom stereocenters. The number of carbonyl (C=O) groups excluding carboxylic acids is 1. The number of carbonyl (C=O) groups is 1. The van der Waals surface area contributed by atoms with Crippen molar-refractivity contribution in [2.45, 2.75) is 13.0 Å². The number of nitrogens with two attached hydrogens (primary N) is 1. The molecule has 0 saturated heterocycles. The molecule has 0 aliphatic rings. The van der Waals surface area contributed by atoms with E-state index in [1.54, 1.807) is 23.5 Å². The Balaban J connectivity index is 0.00000312. The molecule has 2 rings (SSSR count). The average molecular weight is 408 g/mol. The summed E-state index contributed by atoms with van der Waals surface area (Å²) < 4.78 is 18.3. The highest BCUT2D eigenvalue weighted by Gasteiger charge is 2.20. The fourth-order valence-corrected chi connectivity index (χ4v) is 3.13. The van der Waals surface area contributed by atoms with Crippen LogP contribution in [0.25, 0.3) is 0 Å². The quantitative estimate of drug-likeness (QED) is 0.729. The van der Waals surface area contributed by atoms with E-state index < -0.39 is 5.82 Å². The minimum absolute atomic E-state index is 0. The highest BCUT2D eigenvalue weighted by Crippen LogP contribution is 2.20. The maximum atomic E-state index is 13.2. The van der Waals surface area contributed by atoms with Crippen LogP contribution in [0.1, 0.15) is 21.1 Å². The van der Waals surface area contributed by atoms with E-state index in [0.29, 0.717) is 37.4 Å². The first-order chi connectivity index (χ1) is 11.5. The predicted molar refractivity (Wildman–Crippen MR) is 100 cm³/mol. The third kappa shape index (κ3) is 6.20. The van der Waals surface area contributed by atoms with E-state index in [9.17, 15) is 9.18 Å². The number of benzene rings is 1. The Morgan fingerprint density at radius 2 is 2.24 bits per heavy atom. The summed E-state index contributed by atoms with van der Waals surface area (Å²) in [6.45, 7) is 1.50. The first-order valence-corrected chi connectivity index (χ1v) is 8.67. The van der Waals surface area contributed by atoms with Crippen molar-refractivity contribution in [1.29, 1.82) is 0 Å². The molecule has 0 saturated carbocycles. The lowest BCUT2D eigenvalue weighted by molar-refractivity contribution is 0.0675. The number of aromatic nitrogens is 1.